The van der Waals surface area contributed by atoms with Crippen molar-refractivity contribution in [2.45, 2.75) is 13.5 Å². The molecule has 0 saturated heterocycles. The van der Waals surface area contributed by atoms with Crippen molar-refractivity contribution in [2.75, 3.05) is 26.9 Å². The molecule has 0 aliphatic carbocycles. The van der Waals surface area contributed by atoms with Crippen LogP contribution >= 0.6 is 0 Å². The first-order chi connectivity index (χ1) is 7.77. The molecule has 1 aromatic carbocycles. The zero-order chi connectivity index (χ0) is 11.8. The van der Waals surface area contributed by atoms with E-state index in [0.717, 1.165) is 25.3 Å². The second-order valence-electron chi connectivity index (χ2n) is 3.38. The number of ether oxygens (including phenoxy) is 2. The highest BCUT2D eigenvalue weighted by Crippen LogP contribution is 2.25. The van der Waals surface area contributed by atoms with Gasteiger partial charge >= 0.3 is 0 Å². The largest absolute Gasteiger partial charge is 0.504 e. The summed E-state index contributed by atoms with van der Waals surface area (Å²) in [6.07, 6.45) is 0. The highest BCUT2D eigenvalue weighted by molar-refractivity contribution is 5.41. The molecule has 0 radical (unpaired) electrons. The van der Waals surface area contributed by atoms with E-state index >= 15 is 0 Å². The second-order valence-corrected chi connectivity index (χ2v) is 3.38. The third kappa shape index (κ3) is 4.08. The lowest BCUT2D eigenvalue weighted by atomic mass is 10.2. The molecule has 0 bridgehead atoms. The normalized spacial score (nSPS) is 10.4. The monoisotopic (exact) mass is 225 g/mol. The van der Waals surface area contributed by atoms with Crippen molar-refractivity contribution in [2.24, 2.45) is 0 Å². The molecule has 90 valence electrons. The van der Waals surface area contributed by atoms with Gasteiger partial charge in [0.25, 0.3) is 0 Å². The van der Waals surface area contributed by atoms with Gasteiger partial charge in [0.05, 0.1) is 13.7 Å². The van der Waals surface area contributed by atoms with E-state index in [0.29, 0.717) is 12.4 Å². The van der Waals surface area contributed by atoms with Gasteiger partial charge in [-0.1, -0.05) is 6.07 Å². The van der Waals surface area contributed by atoms with Crippen LogP contribution in [-0.2, 0) is 11.3 Å². The fraction of sp³-hybridized carbons (Fsp3) is 0.500. The number of nitrogens with one attached hydrogen (secondary N) is 1. The summed E-state index contributed by atoms with van der Waals surface area (Å²) in [5, 5.41) is 12.7. The standard InChI is InChI=1S/C12H19NO3/c1-3-16-7-6-13-9-10-4-5-11(14)12(8-10)15-2/h4-5,8,13-14H,3,6-7,9H2,1-2H3. The van der Waals surface area contributed by atoms with Crippen LogP contribution in [0.25, 0.3) is 0 Å². The van der Waals surface area contributed by atoms with Gasteiger partial charge in [-0.05, 0) is 24.6 Å². The molecule has 0 heterocycles. The van der Waals surface area contributed by atoms with E-state index in [-0.39, 0.29) is 5.75 Å². The molecule has 0 amide bonds. The Kier molecular flexibility index (Phi) is 5.67. The van der Waals surface area contributed by atoms with E-state index in [4.69, 9.17) is 9.47 Å². The summed E-state index contributed by atoms with van der Waals surface area (Å²) in [5.74, 6) is 0.671. The molecule has 0 atom stereocenters. The summed E-state index contributed by atoms with van der Waals surface area (Å²) in [4.78, 5) is 0. The first-order valence-corrected chi connectivity index (χ1v) is 5.42. The second kappa shape index (κ2) is 7.09. The predicted octanol–water partition coefficient (Wildman–Crippen LogP) is 1.53. The van der Waals surface area contributed by atoms with Crippen LogP contribution in [0, 0.1) is 0 Å². The number of benzene rings is 1. The van der Waals surface area contributed by atoms with Gasteiger partial charge in [0, 0.05) is 19.7 Å². The van der Waals surface area contributed by atoms with Crippen LogP contribution in [0.15, 0.2) is 18.2 Å². The Hall–Kier alpha value is -1.26. The minimum absolute atomic E-state index is 0.167. The zero-order valence-corrected chi connectivity index (χ0v) is 9.82. The number of methoxy groups -OCH3 is 1. The van der Waals surface area contributed by atoms with Crippen molar-refractivity contribution in [1.29, 1.82) is 0 Å². The molecule has 0 saturated carbocycles. The lowest BCUT2D eigenvalue weighted by molar-refractivity contribution is 0.149. The summed E-state index contributed by atoms with van der Waals surface area (Å²) in [6, 6.07) is 5.33. The maximum atomic E-state index is 9.41. The van der Waals surface area contributed by atoms with Crippen molar-refractivity contribution in [3.8, 4) is 11.5 Å². The van der Waals surface area contributed by atoms with E-state index in [1.807, 2.05) is 19.1 Å². The molecule has 4 heteroatoms. The summed E-state index contributed by atoms with van der Waals surface area (Å²) >= 11 is 0. The Morgan fingerprint density at radius 1 is 1.38 bits per heavy atom. The molecule has 4 nitrogen and oxygen atoms in total. The smallest absolute Gasteiger partial charge is 0.160 e. The molecular weight excluding hydrogens is 206 g/mol. The Balaban J connectivity index is 2.36. The zero-order valence-electron chi connectivity index (χ0n) is 9.82. The SMILES string of the molecule is CCOCCNCc1ccc(O)c(OC)c1. The third-order valence-electron chi connectivity index (χ3n) is 2.20. The summed E-state index contributed by atoms with van der Waals surface area (Å²) in [7, 11) is 1.54. The summed E-state index contributed by atoms with van der Waals surface area (Å²) in [5.41, 5.74) is 1.08. The molecule has 0 aromatic heterocycles. The van der Waals surface area contributed by atoms with Gasteiger partial charge in [-0.25, -0.2) is 0 Å². The lowest BCUT2D eigenvalue weighted by Gasteiger charge is -2.08. The predicted molar refractivity (Wildman–Crippen MR) is 62.9 cm³/mol. The van der Waals surface area contributed by atoms with E-state index in [9.17, 15) is 5.11 Å². The van der Waals surface area contributed by atoms with Gasteiger partial charge in [0.2, 0.25) is 0 Å². The quantitative estimate of drug-likeness (QED) is 0.691. The fourth-order valence-electron chi connectivity index (χ4n) is 1.35. The molecule has 0 unspecified atom stereocenters. The summed E-state index contributed by atoms with van der Waals surface area (Å²) < 4.78 is 10.2. The molecule has 0 fully saturated rings. The molecule has 0 aliphatic rings. The topological polar surface area (TPSA) is 50.7 Å². The number of hydrogen-bond donors (Lipinski definition) is 2. The van der Waals surface area contributed by atoms with Crippen LogP contribution in [0.3, 0.4) is 0 Å². The van der Waals surface area contributed by atoms with Gasteiger partial charge in [-0.15, -0.1) is 0 Å². The van der Waals surface area contributed by atoms with E-state index in [2.05, 4.69) is 5.32 Å². The molecule has 0 spiro atoms. The number of aromatic hydroxyl groups is 1. The van der Waals surface area contributed by atoms with Gasteiger partial charge in [-0.3, -0.25) is 0 Å². The van der Waals surface area contributed by atoms with Crippen molar-refractivity contribution in [3.63, 3.8) is 0 Å². The number of phenolic OH excluding ortho intramolecular Hbond substituents is 1. The minimum atomic E-state index is 0.167. The molecule has 16 heavy (non-hydrogen) atoms. The van der Waals surface area contributed by atoms with Gasteiger partial charge in [0.1, 0.15) is 0 Å². The summed E-state index contributed by atoms with van der Waals surface area (Å²) in [6.45, 7) is 4.99. The van der Waals surface area contributed by atoms with E-state index in [1.54, 1.807) is 13.2 Å². The third-order valence-corrected chi connectivity index (χ3v) is 2.20. The molecule has 1 rings (SSSR count). The van der Waals surface area contributed by atoms with Crippen LogP contribution in [0.2, 0.25) is 0 Å². The van der Waals surface area contributed by atoms with Gasteiger partial charge < -0.3 is 19.9 Å². The van der Waals surface area contributed by atoms with Crippen LogP contribution in [-0.4, -0.2) is 32.0 Å². The molecule has 0 aliphatic heterocycles. The van der Waals surface area contributed by atoms with Gasteiger partial charge in [-0.2, -0.15) is 0 Å². The molecule has 1 aromatic rings. The average molecular weight is 225 g/mol. The van der Waals surface area contributed by atoms with Crippen molar-refractivity contribution < 1.29 is 14.6 Å². The Morgan fingerprint density at radius 3 is 2.88 bits per heavy atom. The van der Waals surface area contributed by atoms with Crippen LogP contribution in [0.5, 0.6) is 11.5 Å². The Labute approximate surface area is 96.2 Å². The minimum Gasteiger partial charge on any atom is -0.504 e. The van der Waals surface area contributed by atoms with Crippen LogP contribution < -0.4 is 10.1 Å². The van der Waals surface area contributed by atoms with Crippen LogP contribution in [0.4, 0.5) is 0 Å². The number of rotatable bonds is 7. The first kappa shape index (κ1) is 12.8. The van der Waals surface area contributed by atoms with Crippen molar-refractivity contribution >= 4 is 0 Å². The van der Waals surface area contributed by atoms with Crippen molar-refractivity contribution in [3.05, 3.63) is 23.8 Å². The first-order valence-electron chi connectivity index (χ1n) is 5.42. The average Bonchev–Trinajstić information content (AvgIpc) is 2.31. The maximum absolute atomic E-state index is 9.41. The van der Waals surface area contributed by atoms with E-state index < -0.39 is 0 Å². The van der Waals surface area contributed by atoms with E-state index in [1.165, 1.54) is 0 Å². The Morgan fingerprint density at radius 2 is 2.19 bits per heavy atom. The highest BCUT2D eigenvalue weighted by atomic mass is 16.5. The number of phenols is 1. The maximum Gasteiger partial charge on any atom is 0.160 e. The molecule has 2 N–H and O–H groups in total. The Bertz CT molecular complexity index is 315. The molecular formula is C12H19NO3. The van der Waals surface area contributed by atoms with Crippen LogP contribution in [0.1, 0.15) is 12.5 Å². The highest BCUT2D eigenvalue weighted by Gasteiger charge is 2.01. The fourth-order valence-corrected chi connectivity index (χ4v) is 1.35. The number of hydrogen-bond acceptors (Lipinski definition) is 4. The van der Waals surface area contributed by atoms with Gasteiger partial charge in [0.15, 0.2) is 11.5 Å². The lowest BCUT2D eigenvalue weighted by Crippen LogP contribution is -2.19. The van der Waals surface area contributed by atoms with Crippen molar-refractivity contribution in [1.82, 2.24) is 5.32 Å².